The van der Waals surface area contributed by atoms with Crippen LogP contribution in [0.25, 0.3) is 0 Å². The number of carboxylic acid groups (broad SMARTS) is 1. The molecule has 0 aromatic rings. The maximum absolute atomic E-state index is 10.9. The van der Waals surface area contributed by atoms with Crippen LogP contribution in [0.1, 0.15) is 103 Å². The molecule has 8 heteroatoms. The summed E-state index contributed by atoms with van der Waals surface area (Å²) in [5.41, 5.74) is 0. The molecule has 0 aliphatic carbocycles. The van der Waals surface area contributed by atoms with Crippen molar-refractivity contribution in [3.63, 3.8) is 0 Å². The smallest absolute Gasteiger partial charge is 0.303 e. The van der Waals surface area contributed by atoms with Crippen LogP contribution in [0.15, 0.2) is 0 Å². The summed E-state index contributed by atoms with van der Waals surface area (Å²) in [5, 5.41) is 28.7. The summed E-state index contributed by atoms with van der Waals surface area (Å²) in [6, 6.07) is 0. The van der Waals surface area contributed by atoms with Crippen LogP contribution in [0.3, 0.4) is 0 Å². The molecule has 4 atom stereocenters. The highest BCUT2D eigenvalue weighted by Gasteiger charge is 2.30. The van der Waals surface area contributed by atoms with Crippen molar-refractivity contribution in [1.29, 1.82) is 0 Å². The summed E-state index contributed by atoms with van der Waals surface area (Å²) in [6.45, 7) is 1.60. The van der Waals surface area contributed by atoms with Gasteiger partial charge in [-0.1, -0.05) is 64.2 Å². The Morgan fingerprint density at radius 2 is 1.50 bits per heavy atom. The maximum atomic E-state index is 10.9. The van der Waals surface area contributed by atoms with Gasteiger partial charge in [-0.25, -0.2) is 0 Å². The molecule has 0 radical (unpaired) electrons. The molecule has 32 heavy (non-hydrogen) atoms. The van der Waals surface area contributed by atoms with E-state index in [0.717, 1.165) is 32.1 Å². The van der Waals surface area contributed by atoms with E-state index in [1.807, 2.05) is 0 Å². The van der Waals surface area contributed by atoms with E-state index in [4.69, 9.17) is 19.3 Å². The summed E-state index contributed by atoms with van der Waals surface area (Å²) in [6.07, 6.45) is 11.9. The van der Waals surface area contributed by atoms with Gasteiger partial charge in [0.15, 0.2) is 6.29 Å². The van der Waals surface area contributed by atoms with Crippen molar-refractivity contribution in [2.45, 2.75) is 128 Å². The van der Waals surface area contributed by atoms with Gasteiger partial charge in [0.05, 0.1) is 24.9 Å². The average Bonchev–Trinajstić information content (AvgIpc) is 2.73. The van der Waals surface area contributed by atoms with Crippen molar-refractivity contribution in [1.82, 2.24) is 0 Å². The van der Waals surface area contributed by atoms with Crippen molar-refractivity contribution in [2.75, 3.05) is 13.2 Å². The second-order valence-corrected chi connectivity index (χ2v) is 8.92. The Morgan fingerprint density at radius 1 is 0.938 bits per heavy atom. The number of unbranched alkanes of at least 4 members (excludes halogenated alkanes) is 10. The van der Waals surface area contributed by atoms with E-state index in [-0.39, 0.29) is 31.7 Å². The topological polar surface area (TPSA) is 123 Å². The van der Waals surface area contributed by atoms with Gasteiger partial charge in [0, 0.05) is 26.2 Å². The van der Waals surface area contributed by atoms with E-state index in [0.29, 0.717) is 19.3 Å². The molecule has 1 unspecified atom stereocenters. The van der Waals surface area contributed by atoms with Gasteiger partial charge in [0.1, 0.15) is 6.61 Å². The largest absolute Gasteiger partial charge is 0.481 e. The van der Waals surface area contributed by atoms with E-state index in [2.05, 4.69) is 0 Å². The molecule has 0 saturated carbocycles. The zero-order chi connectivity index (χ0) is 23.6. The highest BCUT2D eigenvalue weighted by Crippen LogP contribution is 2.21. The molecular weight excluding hydrogens is 416 g/mol. The first kappa shape index (κ1) is 28.8. The number of aliphatic hydroxyl groups excluding tert-OH is 2. The number of hydrogen-bond donors (Lipinski definition) is 3. The molecular formula is C24H44O8. The fourth-order valence-electron chi connectivity index (χ4n) is 3.92. The lowest BCUT2D eigenvalue weighted by Crippen LogP contribution is -2.40. The van der Waals surface area contributed by atoms with Crippen LogP contribution in [-0.2, 0) is 23.8 Å². The number of rotatable bonds is 19. The zero-order valence-corrected chi connectivity index (χ0v) is 19.7. The van der Waals surface area contributed by atoms with Crippen LogP contribution in [0.4, 0.5) is 0 Å². The standard InChI is InChI=1S/C24H44O8/c1-19(25)30-18-22-15-21(27)16-24(32-22)31-17-20(26)13-11-9-7-5-3-2-4-6-8-10-12-14-23(28)29/h20-22,24,26-27H,2-18H2,1H3,(H,28,29)/t20?,21-,22-,24+/m0/s1. The molecule has 0 aromatic heterocycles. The number of ether oxygens (including phenoxy) is 3. The lowest BCUT2D eigenvalue weighted by Gasteiger charge is -2.33. The number of hydrogen-bond acceptors (Lipinski definition) is 7. The molecule has 0 bridgehead atoms. The van der Waals surface area contributed by atoms with Crippen molar-refractivity contribution in [2.24, 2.45) is 0 Å². The number of aliphatic hydroxyl groups is 2. The van der Waals surface area contributed by atoms with E-state index in [1.54, 1.807) is 0 Å². The van der Waals surface area contributed by atoms with Gasteiger partial charge in [0.2, 0.25) is 0 Å². The van der Waals surface area contributed by atoms with Gasteiger partial charge in [-0.15, -0.1) is 0 Å². The molecule has 3 N–H and O–H groups in total. The normalized spacial score (nSPS) is 21.9. The van der Waals surface area contributed by atoms with Crippen LogP contribution in [-0.4, -0.2) is 65.1 Å². The second kappa shape index (κ2) is 18.2. The predicted octanol–water partition coefficient (Wildman–Crippen LogP) is 3.95. The summed E-state index contributed by atoms with van der Waals surface area (Å²) in [5.74, 6) is -1.08. The number of aliphatic carboxylic acids is 1. The van der Waals surface area contributed by atoms with Crippen molar-refractivity contribution in [3.05, 3.63) is 0 Å². The maximum Gasteiger partial charge on any atom is 0.303 e. The Labute approximate surface area is 192 Å². The van der Waals surface area contributed by atoms with Gasteiger partial charge in [0.25, 0.3) is 0 Å². The van der Waals surface area contributed by atoms with E-state index in [9.17, 15) is 19.8 Å². The van der Waals surface area contributed by atoms with Crippen LogP contribution in [0.5, 0.6) is 0 Å². The molecule has 8 nitrogen and oxygen atoms in total. The van der Waals surface area contributed by atoms with Gasteiger partial charge < -0.3 is 29.5 Å². The Balaban J connectivity index is 1.93. The van der Waals surface area contributed by atoms with E-state index >= 15 is 0 Å². The molecule has 0 spiro atoms. The third-order valence-electron chi connectivity index (χ3n) is 5.72. The fourth-order valence-corrected chi connectivity index (χ4v) is 3.92. The number of carbonyl (C=O) groups excluding carboxylic acids is 1. The van der Waals surface area contributed by atoms with Gasteiger partial charge in [-0.3, -0.25) is 9.59 Å². The molecule has 1 rings (SSSR count). The summed E-state index contributed by atoms with van der Waals surface area (Å²) in [7, 11) is 0. The summed E-state index contributed by atoms with van der Waals surface area (Å²) < 4.78 is 16.2. The van der Waals surface area contributed by atoms with Crippen LogP contribution in [0, 0.1) is 0 Å². The minimum absolute atomic E-state index is 0.0988. The first-order valence-corrected chi connectivity index (χ1v) is 12.3. The molecule has 1 heterocycles. The van der Waals surface area contributed by atoms with Gasteiger partial charge >= 0.3 is 11.9 Å². The number of carbonyl (C=O) groups is 2. The third-order valence-corrected chi connectivity index (χ3v) is 5.72. The molecule has 188 valence electrons. The van der Waals surface area contributed by atoms with Gasteiger partial charge in [-0.2, -0.15) is 0 Å². The molecule has 1 aliphatic rings. The van der Waals surface area contributed by atoms with Crippen molar-refractivity contribution >= 4 is 11.9 Å². The van der Waals surface area contributed by atoms with Crippen molar-refractivity contribution in [3.8, 4) is 0 Å². The molecule has 1 fully saturated rings. The number of carboxylic acids is 1. The zero-order valence-electron chi connectivity index (χ0n) is 19.7. The van der Waals surface area contributed by atoms with E-state index < -0.39 is 24.5 Å². The highest BCUT2D eigenvalue weighted by molar-refractivity contribution is 5.66. The molecule has 1 saturated heterocycles. The fraction of sp³-hybridized carbons (Fsp3) is 0.917. The minimum atomic E-state index is -0.700. The van der Waals surface area contributed by atoms with Crippen molar-refractivity contribution < 1.29 is 39.1 Å². The Hall–Kier alpha value is -1.22. The van der Waals surface area contributed by atoms with Crippen LogP contribution in [0.2, 0.25) is 0 Å². The summed E-state index contributed by atoms with van der Waals surface area (Å²) in [4.78, 5) is 21.3. The monoisotopic (exact) mass is 460 g/mol. The Morgan fingerprint density at radius 3 is 2.06 bits per heavy atom. The second-order valence-electron chi connectivity index (χ2n) is 8.92. The SMILES string of the molecule is CC(=O)OC[C@@H]1C[C@H](O)C[C@H](OCC(O)CCCCCCCCCCCCCC(=O)O)O1. The third kappa shape index (κ3) is 16.4. The lowest BCUT2D eigenvalue weighted by molar-refractivity contribution is -0.231. The summed E-state index contributed by atoms with van der Waals surface area (Å²) >= 11 is 0. The van der Waals surface area contributed by atoms with E-state index in [1.165, 1.54) is 45.4 Å². The Bertz CT molecular complexity index is 498. The van der Waals surface area contributed by atoms with Crippen LogP contribution < -0.4 is 0 Å². The quantitative estimate of drug-likeness (QED) is 0.196. The molecule has 0 amide bonds. The molecule has 0 aromatic carbocycles. The van der Waals surface area contributed by atoms with Gasteiger partial charge in [-0.05, 0) is 12.8 Å². The molecule has 1 aliphatic heterocycles. The first-order valence-electron chi connectivity index (χ1n) is 12.3. The predicted molar refractivity (Wildman–Crippen MR) is 120 cm³/mol. The first-order chi connectivity index (χ1) is 15.4. The Kier molecular flexibility index (Phi) is 16.4. The van der Waals surface area contributed by atoms with Crippen LogP contribution >= 0.6 is 0 Å². The number of esters is 1. The highest BCUT2D eigenvalue weighted by atomic mass is 16.7. The average molecular weight is 461 g/mol. The minimum Gasteiger partial charge on any atom is -0.481 e. The lowest BCUT2D eigenvalue weighted by atomic mass is 10.0.